The van der Waals surface area contributed by atoms with E-state index in [9.17, 15) is 9.90 Å². The van der Waals surface area contributed by atoms with Crippen LogP contribution in [-0.2, 0) is 4.79 Å². The number of hydrogen-bond acceptors (Lipinski definition) is 3. The Hall–Kier alpha value is -1.85. The van der Waals surface area contributed by atoms with Gasteiger partial charge in [-0.3, -0.25) is 4.79 Å². The predicted molar refractivity (Wildman–Crippen MR) is 88.6 cm³/mol. The average Bonchev–Trinajstić information content (AvgIpc) is 2.53. The Morgan fingerprint density at radius 1 is 1.18 bits per heavy atom. The van der Waals surface area contributed by atoms with Crippen molar-refractivity contribution in [3.63, 3.8) is 0 Å². The van der Waals surface area contributed by atoms with Gasteiger partial charge in [-0.25, -0.2) is 0 Å². The van der Waals surface area contributed by atoms with Gasteiger partial charge in [-0.05, 0) is 31.2 Å². The van der Waals surface area contributed by atoms with Gasteiger partial charge in [0.05, 0.1) is 6.10 Å². The lowest BCUT2D eigenvalue weighted by atomic mass is 10.1. The van der Waals surface area contributed by atoms with Crippen LogP contribution < -0.4 is 10.1 Å². The van der Waals surface area contributed by atoms with Crippen molar-refractivity contribution in [2.24, 2.45) is 0 Å². The van der Waals surface area contributed by atoms with Gasteiger partial charge >= 0.3 is 0 Å². The minimum atomic E-state index is -0.763. The van der Waals surface area contributed by atoms with Crippen LogP contribution in [0.3, 0.4) is 0 Å². The Morgan fingerprint density at radius 2 is 1.82 bits per heavy atom. The Bertz CT molecular complexity index is 599. The van der Waals surface area contributed by atoms with Crippen LogP contribution in [0, 0.1) is 0 Å². The second-order valence-corrected chi connectivity index (χ2v) is 5.87. The Morgan fingerprint density at radius 3 is 2.41 bits per heavy atom. The summed E-state index contributed by atoms with van der Waals surface area (Å²) in [5.41, 5.74) is 0.758. The molecule has 0 saturated heterocycles. The molecule has 0 radical (unpaired) electrons. The average molecular weight is 364 g/mol. The molecular formula is C17H18BrNO3. The van der Waals surface area contributed by atoms with Gasteiger partial charge in [-0.2, -0.15) is 0 Å². The van der Waals surface area contributed by atoms with Gasteiger partial charge in [0.15, 0.2) is 0 Å². The first-order chi connectivity index (χ1) is 10.6. The highest BCUT2D eigenvalue weighted by molar-refractivity contribution is 9.10. The van der Waals surface area contributed by atoms with Crippen LogP contribution in [0.4, 0.5) is 0 Å². The Balaban J connectivity index is 2.18. The highest BCUT2D eigenvalue weighted by Crippen LogP contribution is 2.24. The van der Waals surface area contributed by atoms with Crippen molar-refractivity contribution in [3.05, 3.63) is 64.6 Å². The van der Waals surface area contributed by atoms with E-state index in [4.69, 9.17) is 4.74 Å². The first-order valence-electron chi connectivity index (χ1n) is 6.99. The maximum absolute atomic E-state index is 12.4. The maximum Gasteiger partial charge on any atom is 0.265 e. The predicted octanol–water partition coefficient (Wildman–Crippen LogP) is 3.07. The molecule has 116 valence electrons. The van der Waals surface area contributed by atoms with E-state index in [2.05, 4.69) is 21.2 Å². The van der Waals surface area contributed by atoms with E-state index in [1.165, 1.54) is 0 Å². The first kappa shape index (κ1) is 16.5. The zero-order chi connectivity index (χ0) is 15.9. The summed E-state index contributed by atoms with van der Waals surface area (Å²) in [5, 5.41) is 12.0. The minimum absolute atomic E-state index is 0.186. The third-order valence-electron chi connectivity index (χ3n) is 2.98. The van der Waals surface area contributed by atoms with E-state index in [0.717, 1.165) is 10.0 Å². The van der Waals surface area contributed by atoms with Crippen molar-refractivity contribution in [3.8, 4) is 5.75 Å². The number of aliphatic hydroxyl groups excluding tert-OH is 1. The van der Waals surface area contributed by atoms with Gasteiger partial charge < -0.3 is 15.2 Å². The molecule has 0 aromatic heterocycles. The lowest BCUT2D eigenvalue weighted by Gasteiger charge is -2.19. The van der Waals surface area contributed by atoms with Gasteiger partial charge in [0.25, 0.3) is 5.91 Å². The van der Waals surface area contributed by atoms with Crippen LogP contribution in [0.2, 0.25) is 0 Å². The molecule has 2 aromatic carbocycles. The van der Waals surface area contributed by atoms with Crippen molar-refractivity contribution < 1.29 is 14.6 Å². The summed E-state index contributed by atoms with van der Waals surface area (Å²) in [4.78, 5) is 12.4. The molecule has 2 rings (SSSR count). The molecule has 0 heterocycles. The molecule has 2 unspecified atom stereocenters. The van der Waals surface area contributed by atoms with E-state index >= 15 is 0 Å². The van der Waals surface area contributed by atoms with Crippen LogP contribution in [-0.4, -0.2) is 23.7 Å². The molecule has 2 N–H and O–H groups in total. The van der Waals surface area contributed by atoms with Crippen LogP contribution in [0.1, 0.15) is 18.6 Å². The van der Waals surface area contributed by atoms with Crippen molar-refractivity contribution in [2.45, 2.75) is 19.1 Å². The van der Waals surface area contributed by atoms with Gasteiger partial charge in [-0.15, -0.1) is 0 Å². The summed E-state index contributed by atoms with van der Waals surface area (Å²) in [6, 6.07) is 16.6. The number of carbonyl (C=O) groups is 1. The molecule has 0 aliphatic carbocycles. The molecule has 2 aromatic rings. The van der Waals surface area contributed by atoms with E-state index in [-0.39, 0.29) is 12.5 Å². The molecule has 1 amide bonds. The van der Waals surface area contributed by atoms with Gasteiger partial charge in [0.2, 0.25) is 6.10 Å². The second kappa shape index (κ2) is 7.96. The number of ether oxygens (including phenoxy) is 1. The summed E-state index contributed by atoms with van der Waals surface area (Å²) in [6.45, 7) is 1.80. The molecule has 4 nitrogen and oxygen atoms in total. The summed E-state index contributed by atoms with van der Waals surface area (Å²) >= 11 is 3.36. The van der Waals surface area contributed by atoms with Crippen LogP contribution >= 0.6 is 15.9 Å². The molecule has 0 aliphatic heterocycles. The molecular weight excluding hydrogens is 346 g/mol. The molecule has 0 bridgehead atoms. The molecule has 0 saturated carbocycles. The molecule has 0 aliphatic rings. The normalized spacial score (nSPS) is 13.2. The second-order valence-electron chi connectivity index (χ2n) is 4.96. The number of halogens is 1. The number of hydrogen-bond donors (Lipinski definition) is 2. The molecule has 22 heavy (non-hydrogen) atoms. The summed E-state index contributed by atoms with van der Waals surface area (Å²) < 4.78 is 6.77. The quantitative estimate of drug-likeness (QED) is 0.828. The highest BCUT2D eigenvalue weighted by atomic mass is 79.9. The fraction of sp³-hybridized carbons (Fsp3) is 0.235. The van der Waals surface area contributed by atoms with Crippen molar-refractivity contribution in [1.82, 2.24) is 5.32 Å². The number of nitrogens with one attached hydrogen (secondary N) is 1. The number of carbonyl (C=O) groups excluding carboxylic acids is 1. The highest BCUT2D eigenvalue weighted by Gasteiger charge is 2.22. The lowest BCUT2D eigenvalue weighted by Crippen LogP contribution is -2.36. The van der Waals surface area contributed by atoms with Crippen LogP contribution in [0.5, 0.6) is 5.75 Å². The molecule has 2 atom stereocenters. The van der Waals surface area contributed by atoms with Crippen molar-refractivity contribution >= 4 is 21.8 Å². The number of rotatable bonds is 6. The van der Waals surface area contributed by atoms with E-state index in [1.54, 1.807) is 19.1 Å². The van der Waals surface area contributed by atoms with Gasteiger partial charge in [0, 0.05) is 16.6 Å². The fourth-order valence-corrected chi connectivity index (χ4v) is 2.16. The smallest absolute Gasteiger partial charge is 0.265 e. The van der Waals surface area contributed by atoms with Crippen molar-refractivity contribution in [1.29, 1.82) is 0 Å². The Labute approximate surface area is 138 Å². The van der Waals surface area contributed by atoms with Gasteiger partial charge in [0.1, 0.15) is 5.75 Å². The largest absolute Gasteiger partial charge is 0.476 e. The van der Waals surface area contributed by atoms with Gasteiger partial charge in [-0.1, -0.05) is 46.3 Å². The van der Waals surface area contributed by atoms with Crippen molar-refractivity contribution in [2.75, 3.05) is 6.54 Å². The van der Waals surface area contributed by atoms with E-state index in [0.29, 0.717) is 5.75 Å². The van der Waals surface area contributed by atoms with E-state index in [1.807, 2.05) is 42.5 Å². The third-order valence-corrected chi connectivity index (χ3v) is 3.51. The molecule has 0 fully saturated rings. The zero-order valence-electron chi connectivity index (χ0n) is 12.2. The maximum atomic E-state index is 12.4. The summed E-state index contributed by atoms with van der Waals surface area (Å²) in [7, 11) is 0. The monoisotopic (exact) mass is 363 g/mol. The third kappa shape index (κ3) is 4.86. The molecule has 0 spiro atoms. The minimum Gasteiger partial charge on any atom is -0.476 e. The van der Waals surface area contributed by atoms with Crippen LogP contribution in [0.25, 0.3) is 0 Å². The Kier molecular flexibility index (Phi) is 5.98. The number of aliphatic hydroxyl groups is 1. The number of benzene rings is 2. The SMILES string of the molecule is CC(O)CNC(=O)C(Oc1ccc(Br)cc1)c1ccccc1. The topological polar surface area (TPSA) is 58.6 Å². The summed E-state index contributed by atoms with van der Waals surface area (Å²) in [6.07, 6.45) is -1.37. The molecule has 5 heteroatoms. The van der Waals surface area contributed by atoms with Crippen LogP contribution in [0.15, 0.2) is 59.1 Å². The fourth-order valence-electron chi connectivity index (χ4n) is 1.89. The number of amides is 1. The van der Waals surface area contributed by atoms with E-state index < -0.39 is 12.2 Å². The zero-order valence-corrected chi connectivity index (χ0v) is 13.8. The lowest BCUT2D eigenvalue weighted by molar-refractivity contribution is -0.128. The standard InChI is InChI=1S/C17H18BrNO3/c1-12(20)11-19-17(21)16(13-5-3-2-4-6-13)22-15-9-7-14(18)8-10-15/h2-10,12,16,20H,11H2,1H3,(H,19,21). The summed E-state index contributed by atoms with van der Waals surface area (Å²) in [5.74, 6) is 0.319. The first-order valence-corrected chi connectivity index (χ1v) is 7.78.